The Morgan fingerprint density at radius 1 is 1.50 bits per heavy atom. The van der Waals surface area contributed by atoms with Crippen LogP contribution >= 0.6 is 11.3 Å². The van der Waals surface area contributed by atoms with Gasteiger partial charge in [0, 0.05) is 12.5 Å². The van der Waals surface area contributed by atoms with Crippen molar-refractivity contribution in [3.8, 4) is 0 Å². The lowest BCUT2D eigenvalue weighted by Crippen LogP contribution is -1.83. The van der Waals surface area contributed by atoms with E-state index < -0.39 is 0 Å². The molecule has 0 saturated carbocycles. The molecular weight excluding hydrogens is 146 g/mol. The molecule has 10 heavy (non-hydrogen) atoms. The largest absolute Gasteiger partial charge is 0.400 e. The van der Waals surface area contributed by atoms with Crippen molar-refractivity contribution in [3.05, 3.63) is 16.6 Å². The first-order valence-corrected chi connectivity index (χ1v) is 4.08. The summed E-state index contributed by atoms with van der Waals surface area (Å²) in [6.07, 6.45) is 0. The smallest absolute Gasteiger partial charge is 0.0794 e. The third kappa shape index (κ3) is 2.94. The van der Waals surface area contributed by atoms with Crippen LogP contribution in [0.15, 0.2) is 10.9 Å². The second-order valence-electron chi connectivity index (χ2n) is 2.07. The molecule has 1 N–H and O–H groups in total. The molecule has 0 fully saturated rings. The fraction of sp³-hybridized carbons (Fsp3) is 0.571. The summed E-state index contributed by atoms with van der Waals surface area (Å²) in [5, 5.41) is 9.09. The van der Waals surface area contributed by atoms with E-state index in [2.05, 4.69) is 24.2 Å². The SMILES string of the molecule is CC(C)c1cscn1.CO. The van der Waals surface area contributed by atoms with Crippen LogP contribution < -0.4 is 0 Å². The number of aliphatic hydroxyl groups is 1. The molecule has 0 bridgehead atoms. The van der Waals surface area contributed by atoms with Gasteiger partial charge in [-0.05, 0) is 5.92 Å². The van der Waals surface area contributed by atoms with Gasteiger partial charge < -0.3 is 5.11 Å². The number of thiazole rings is 1. The van der Waals surface area contributed by atoms with Crippen LogP contribution in [0, 0.1) is 0 Å². The van der Waals surface area contributed by atoms with Crippen molar-refractivity contribution >= 4 is 11.3 Å². The Bertz CT molecular complexity index is 149. The number of aromatic nitrogens is 1. The van der Waals surface area contributed by atoms with Gasteiger partial charge in [0.15, 0.2) is 0 Å². The van der Waals surface area contributed by atoms with E-state index in [1.165, 1.54) is 5.69 Å². The highest BCUT2D eigenvalue weighted by molar-refractivity contribution is 7.07. The summed E-state index contributed by atoms with van der Waals surface area (Å²) in [6.45, 7) is 4.30. The number of rotatable bonds is 1. The Labute approximate surface area is 65.6 Å². The first-order valence-electron chi connectivity index (χ1n) is 3.13. The third-order valence-corrected chi connectivity index (χ3v) is 1.65. The maximum Gasteiger partial charge on any atom is 0.0794 e. The molecule has 58 valence electrons. The highest BCUT2D eigenvalue weighted by atomic mass is 32.1. The molecule has 2 nitrogen and oxygen atoms in total. The molecule has 0 radical (unpaired) electrons. The molecular formula is C7H13NOS. The molecule has 0 saturated heterocycles. The summed E-state index contributed by atoms with van der Waals surface area (Å²) in [5.74, 6) is 0.584. The molecule has 0 unspecified atom stereocenters. The zero-order valence-corrected chi connectivity index (χ0v) is 7.35. The van der Waals surface area contributed by atoms with Crippen molar-refractivity contribution < 1.29 is 5.11 Å². The van der Waals surface area contributed by atoms with Gasteiger partial charge in [-0.1, -0.05) is 13.8 Å². The molecule has 1 heterocycles. The van der Waals surface area contributed by atoms with E-state index in [1.54, 1.807) is 11.3 Å². The first kappa shape index (κ1) is 9.59. The summed E-state index contributed by atoms with van der Waals surface area (Å²) in [6, 6.07) is 0. The average Bonchev–Trinajstić information content (AvgIpc) is 2.42. The van der Waals surface area contributed by atoms with Crippen molar-refractivity contribution in [2.45, 2.75) is 19.8 Å². The highest BCUT2D eigenvalue weighted by Gasteiger charge is 1.97. The normalized spacial score (nSPS) is 8.90. The van der Waals surface area contributed by atoms with Crippen LogP contribution in [-0.4, -0.2) is 17.2 Å². The lowest BCUT2D eigenvalue weighted by molar-refractivity contribution is 0.399. The Balaban J connectivity index is 0.000000371. The number of aliphatic hydroxyl groups excluding tert-OH is 1. The molecule has 0 aliphatic rings. The lowest BCUT2D eigenvalue weighted by atomic mass is 10.2. The quantitative estimate of drug-likeness (QED) is 0.678. The molecule has 0 aliphatic carbocycles. The van der Waals surface area contributed by atoms with E-state index in [1.807, 2.05) is 5.51 Å². The summed E-state index contributed by atoms with van der Waals surface area (Å²) in [4.78, 5) is 4.13. The van der Waals surface area contributed by atoms with Gasteiger partial charge >= 0.3 is 0 Å². The summed E-state index contributed by atoms with van der Waals surface area (Å²) >= 11 is 1.66. The molecule has 1 aromatic heterocycles. The van der Waals surface area contributed by atoms with Gasteiger partial charge in [0.1, 0.15) is 0 Å². The Morgan fingerprint density at radius 2 is 2.10 bits per heavy atom. The Morgan fingerprint density at radius 3 is 2.30 bits per heavy atom. The van der Waals surface area contributed by atoms with Crippen LogP contribution in [-0.2, 0) is 0 Å². The first-order chi connectivity index (χ1) is 4.80. The zero-order chi connectivity index (χ0) is 7.98. The molecule has 0 amide bonds. The van der Waals surface area contributed by atoms with E-state index >= 15 is 0 Å². The predicted molar refractivity (Wildman–Crippen MR) is 44.3 cm³/mol. The number of hydrogen-bond donors (Lipinski definition) is 1. The highest BCUT2D eigenvalue weighted by Crippen LogP contribution is 2.12. The topological polar surface area (TPSA) is 33.1 Å². The summed E-state index contributed by atoms with van der Waals surface area (Å²) < 4.78 is 0. The molecule has 1 rings (SSSR count). The predicted octanol–water partition coefficient (Wildman–Crippen LogP) is 1.87. The molecule has 0 atom stereocenters. The van der Waals surface area contributed by atoms with Crippen LogP contribution in [0.4, 0.5) is 0 Å². The molecule has 0 aliphatic heterocycles. The second-order valence-corrected chi connectivity index (χ2v) is 2.79. The van der Waals surface area contributed by atoms with Gasteiger partial charge in [-0.2, -0.15) is 0 Å². The van der Waals surface area contributed by atoms with Gasteiger partial charge in [-0.25, -0.2) is 4.98 Å². The van der Waals surface area contributed by atoms with Crippen molar-refractivity contribution in [3.63, 3.8) is 0 Å². The molecule has 1 aromatic rings. The van der Waals surface area contributed by atoms with E-state index in [0.29, 0.717) is 5.92 Å². The van der Waals surface area contributed by atoms with Crippen molar-refractivity contribution in [1.82, 2.24) is 4.98 Å². The summed E-state index contributed by atoms with van der Waals surface area (Å²) in [7, 11) is 1.00. The monoisotopic (exact) mass is 159 g/mol. The minimum atomic E-state index is 0.584. The van der Waals surface area contributed by atoms with Crippen molar-refractivity contribution in [2.75, 3.05) is 7.11 Å². The fourth-order valence-corrected chi connectivity index (χ4v) is 1.22. The minimum absolute atomic E-state index is 0.584. The molecule has 3 heteroatoms. The number of hydrogen-bond acceptors (Lipinski definition) is 3. The average molecular weight is 159 g/mol. The van der Waals surface area contributed by atoms with E-state index in [-0.39, 0.29) is 0 Å². The van der Waals surface area contributed by atoms with Crippen LogP contribution in [0.5, 0.6) is 0 Å². The van der Waals surface area contributed by atoms with Crippen molar-refractivity contribution in [1.29, 1.82) is 0 Å². The molecule has 0 aromatic carbocycles. The fourth-order valence-electron chi connectivity index (χ4n) is 0.507. The number of nitrogens with zero attached hydrogens (tertiary/aromatic N) is 1. The zero-order valence-electron chi connectivity index (χ0n) is 6.53. The van der Waals surface area contributed by atoms with E-state index in [0.717, 1.165) is 7.11 Å². The maximum atomic E-state index is 7.00. The summed E-state index contributed by atoms with van der Waals surface area (Å²) in [5.41, 5.74) is 3.07. The van der Waals surface area contributed by atoms with Gasteiger partial charge in [0.2, 0.25) is 0 Å². The van der Waals surface area contributed by atoms with Gasteiger partial charge in [-0.15, -0.1) is 11.3 Å². The van der Waals surface area contributed by atoms with Crippen molar-refractivity contribution in [2.24, 2.45) is 0 Å². The van der Waals surface area contributed by atoms with Crippen LogP contribution in [0.1, 0.15) is 25.5 Å². The van der Waals surface area contributed by atoms with E-state index in [4.69, 9.17) is 5.11 Å². The second kappa shape index (κ2) is 5.38. The standard InChI is InChI=1S/C6H9NS.CH4O/c1-5(2)6-3-8-4-7-6;1-2/h3-5H,1-2H3;2H,1H3. The minimum Gasteiger partial charge on any atom is -0.400 e. The Kier molecular flexibility index (Phi) is 5.16. The third-order valence-electron chi connectivity index (χ3n) is 1.04. The lowest BCUT2D eigenvalue weighted by Gasteiger charge is -1.94. The maximum absolute atomic E-state index is 7.00. The van der Waals surface area contributed by atoms with Crippen LogP contribution in [0.25, 0.3) is 0 Å². The van der Waals surface area contributed by atoms with Crippen LogP contribution in [0.3, 0.4) is 0 Å². The molecule has 0 spiro atoms. The van der Waals surface area contributed by atoms with Crippen LogP contribution in [0.2, 0.25) is 0 Å². The van der Waals surface area contributed by atoms with E-state index in [9.17, 15) is 0 Å². The van der Waals surface area contributed by atoms with Gasteiger partial charge in [-0.3, -0.25) is 0 Å². The van der Waals surface area contributed by atoms with Gasteiger partial charge in [0.05, 0.1) is 11.2 Å². The Hall–Kier alpha value is -0.410. The van der Waals surface area contributed by atoms with Gasteiger partial charge in [0.25, 0.3) is 0 Å².